The van der Waals surface area contributed by atoms with Crippen molar-refractivity contribution in [2.24, 2.45) is 0 Å². The van der Waals surface area contributed by atoms with E-state index in [1.165, 1.54) is 11.8 Å². The highest BCUT2D eigenvalue weighted by Gasteiger charge is 2.17. The number of amides is 1. The molecule has 0 aliphatic rings. The highest BCUT2D eigenvalue weighted by atomic mass is 32.2. The lowest BCUT2D eigenvalue weighted by molar-refractivity contribution is -0.113. The minimum Gasteiger partial charge on any atom is -0.325 e. The molecule has 3 rings (SSSR count). The monoisotopic (exact) mass is 397 g/mol. The van der Waals surface area contributed by atoms with Crippen molar-refractivity contribution < 1.29 is 4.79 Å². The van der Waals surface area contributed by atoms with Gasteiger partial charge in [-0.2, -0.15) is 0 Å². The SMILES string of the molecule is Cc1cc(C)n2c(SCC(=O)Nc3c(C(C)C)cccc3C(C)C)nnc2n1. The van der Waals surface area contributed by atoms with Gasteiger partial charge in [0.2, 0.25) is 5.91 Å². The number of nitrogens with one attached hydrogen (secondary N) is 1. The molecule has 2 aromatic heterocycles. The summed E-state index contributed by atoms with van der Waals surface area (Å²) in [5.74, 6) is 1.44. The van der Waals surface area contributed by atoms with Gasteiger partial charge in [-0.05, 0) is 42.9 Å². The number of aromatic nitrogens is 4. The summed E-state index contributed by atoms with van der Waals surface area (Å²) < 4.78 is 1.88. The summed E-state index contributed by atoms with van der Waals surface area (Å²) in [6.45, 7) is 12.5. The summed E-state index contributed by atoms with van der Waals surface area (Å²) in [6.07, 6.45) is 0. The third-order valence-corrected chi connectivity index (χ3v) is 5.56. The molecule has 148 valence electrons. The minimum atomic E-state index is -0.0468. The van der Waals surface area contributed by atoms with Gasteiger partial charge in [-0.15, -0.1) is 10.2 Å². The lowest BCUT2D eigenvalue weighted by Crippen LogP contribution is -2.18. The van der Waals surface area contributed by atoms with E-state index in [9.17, 15) is 4.79 Å². The molecule has 0 fully saturated rings. The highest BCUT2D eigenvalue weighted by molar-refractivity contribution is 7.99. The van der Waals surface area contributed by atoms with Gasteiger partial charge in [-0.1, -0.05) is 57.7 Å². The van der Waals surface area contributed by atoms with Crippen LogP contribution < -0.4 is 5.32 Å². The van der Waals surface area contributed by atoms with E-state index in [-0.39, 0.29) is 11.7 Å². The Morgan fingerprint density at radius 3 is 2.36 bits per heavy atom. The molecule has 0 aliphatic heterocycles. The third-order valence-electron chi connectivity index (χ3n) is 4.63. The summed E-state index contributed by atoms with van der Waals surface area (Å²) in [7, 11) is 0. The van der Waals surface area contributed by atoms with Gasteiger partial charge >= 0.3 is 0 Å². The first-order chi connectivity index (χ1) is 13.3. The van der Waals surface area contributed by atoms with Crippen LogP contribution in [0.5, 0.6) is 0 Å². The predicted octanol–water partition coefficient (Wildman–Crippen LogP) is 4.72. The predicted molar refractivity (Wildman–Crippen MR) is 114 cm³/mol. The van der Waals surface area contributed by atoms with Crippen LogP contribution in [0.25, 0.3) is 5.78 Å². The van der Waals surface area contributed by atoms with Gasteiger partial charge in [-0.3, -0.25) is 9.20 Å². The molecule has 0 atom stereocenters. The van der Waals surface area contributed by atoms with Gasteiger partial charge in [-0.25, -0.2) is 4.98 Å². The van der Waals surface area contributed by atoms with Gasteiger partial charge in [0, 0.05) is 17.1 Å². The number of rotatable bonds is 6. The first-order valence-corrected chi connectivity index (χ1v) is 10.5. The summed E-state index contributed by atoms with van der Waals surface area (Å²) in [5, 5.41) is 12.1. The Hall–Kier alpha value is -2.41. The molecule has 0 bridgehead atoms. The Kier molecular flexibility index (Phi) is 6.03. The van der Waals surface area contributed by atoms with E-state index in [0.29, 0.717) is 22.8 Å². The van der Waals surface area contributed by atoms with Gasteiger partial charge in [0.05, 0.1) is 5.75 Å². The molecule has 0 saturated carbocycles. The van der Waals surface area contributed by atoms with Crippen LogP contribution in [0.1, 0.15) is 62.0 Å². The number of anilines is 1. The van der Waals surface area contributed by atoms with Gasteiger partial charge in [0.1, 0.15) is 0 Å². The topological polar surface area (TPSA) is 72.2 Å². The van der Waals surface area contributed by atoms with Crippen molar-refractivity contribution >= 4 is 29.1 Å². The second kappa shape index (κ2) is 8.31. The molecule has 1 aromatic carbocycles. The van der Waals surface area contributed by atoms with Crippen LogP contribution in [0, 0.1) is 13.8 Å². The molecule has 0 saturated heterocycles. The van der Waals surface area contributed by atoms with Crippen LogP contribution in [0.4, 0.5) is 5.69 Å². The van der Waals surface area contributed by atoms with Crippen LogP contribution in [-0.2, 0) is 4.79 Å². The molecule has 0 radical (unpaired) electrons. The zero-order valence-electron chi connectivity index (χ0n) is 17.3. The number of benzene rings is 1. The van der Waals surface area contributed by atoms with E-state index >= 15 is 0 Å². The molecule has 1 amide bonds. The highest BCUT2D eigenvalue weighted by Crippen LogP contribution is 2.32. The molecule has 28 heavy (non-hydrogen) atoms. The van der Waals surface area contributed by atoms with Crippen molar-refractivity contribution in [3.8, 4) is 0 Å². The number of aryl methyl sites for hydroxylation is 2. The van der Waals surface area contributed by atoms with Crippen LogP contribution >= 0.6 is 11.8 Å². The molecule has 0 aliphatic carbocycles. The Labute approximate surface area is 170 Å². The number of hydrogen-bond acceptors (Lipinski definition) is 5. The largest absolute Gasteiger partial charge is 0.325 e. The second-order valence-electron chi connectivity index (χ2n) is 7.61. The maximum absolute atomic E-state index is 12.7. The fourth-order valence-corrected chi connectivity index (χ4v) is 4.08. The van der Waals surface area contributed by atoms with Crippen LogP contribution in [0.3, 0.4) is 0 Å². The normalized spacial score (nSPS) is 11.6. The standard InChI is InChI=1S/C21H27N5OS/c1-12(2)16-8-7-9-17(13(3)4)19(16)23-18(27)11-28-21-25-24-20-22-14(5)10-15(6)26(20)21/h7-10,12-13H,11H2,1-6H3,(H,23,27). The van der Waals surface area contributed by atoms with Crippen molar-refractivity contribution in [1.82, 2.24) is 19.6 Å². The van der Waals surface area contributed by atoms with Crippen molar-refractivity contribution in [2.75, 3.05) is 11.1 Å². The Balaban J connectivity index is 1.79. The van der Waals surface area contributed by atoms with Crippen molar-refractivity contribution in [3.05, 3.63) is 46.8 Å². The molecule has 6 nitrogen and oxygen atoms in total. The molecule has 0 unspecified atom stereocenters. The molecule has 7 heteroatoms. The average Bonchev–Trinajstić information content (AvgIpc) is 3.02. The average molecular weight is 398 g/mol. The number of thioether (sulfide) groups is 1. The smallest absolute Gasteiger partial charge is 0.256 e. The minimum absolute atomic E-state index is 0.0468. The van der Waals surface area contributed by atoms with E-state index < -0.39 is 0 Å². The summed E-state index contributed by atoms with van der Waals surface area (Å²) in [5.41, 5.74) is 5.17. The second-order valence-corrected chi connectivity index (χ2v) is 8.56. The quantitative estimate of drug-likeness (QED) is 0.609. The maximum atomic E-state index is 12.7. The van der Waals surface area contributed by atoms with Gasteiger partial charge in [0.15, 0.2) is 5.16 Å². The molecule has 3 aromatic rings. The molecule has 0 spiro atoms. The number of fused-ring (bicyclic) bond motifs is 1. The van der Waals surface area contributed by atoms with Crippen LogP contribution in [0.15, 0.2) is 29.4 Å². The van der Waals surface area contributed by atoms with Gasteiger partial charge < -0.3 is 5.32 Å². The summed E-state index contributed by atoms with van der Waals surface area (Å²) in [4.78, 5) is 17.1. The van der Waals surface area contributed by atoms with Crippen molar-refractivity contribution in [3.63, 3.8) is 0 Å². The number of carbonyl (C=O) groups is 1. The van der Waals surface area contributed by atoms with Gasteiger partial charge in [0.25, 0.3) is 5.78 Å². The Morgan fingerprint density at radius 2 is 1.75 bits per heavy atom. The summed E-state index contributed by atoms with van der Waals surface area (Å²) >= 11 is 1.37. The van der Waals surface area contributed by atoms with Crippen molar-refractivity contribution in [2.45, 2.75) is 58.5 Å². The number of para-hydroxylation sites is 1. The van der Waals surface area contributed by atoms with E-state index in [2.05, 4.69) is 66.4 Å². The van der Waals surface area contributed by atoms with Crippen molar-refractivity contribution in [1.29, 1.82) is 0 Å². The molecule has 2 heterocycles. The maximum Gasteiger partial charge on any atom is 0.256 e. The zero-order chi connectivity index (χ0) is 20.4. The fraction of sp³-hybridized carbons (Fsp3) is 0.429. The zero-order valence-corrected chi connectivity index (χ0v) is 18.1. The van der Waals surface area contributed by atoms with Crippen LogP contribution in [-0.4, -0.2) is 31.2 Å². The molecule has 1 N–H and O–H groups in total. The van der Waals surface area contributed by atoms with Crippen LogP contribution in [0.2, 0.25) is 0 Å². The number of hydrogen-bond donors (Lipinski definition) is 1. The third kappa shape index (κ3) is 4.19. The molecular formula is C21H27N5OS. The summed E-state index contributed by atoms with van der Waals surface area (Å²) in [6, 6.07) is 8.22. The first-order valence-electron chi connectivity index (χ1n) is 9.52. The Bertz CT molecular complexity index is 983. The number of nitrogens with zero attached hydrogens (tertiary/aromatic N) is 4. The Morgan fingerprint density at radius 1 is 1.11 bits per heavy atom. The van der Waals surface area contributed by atoms with E-state index in [1.807, 2.05) is 24.3 Å². The lowest BCUT2D eigenvalue weighted by atomic mass is 9.92. The lowest BCUT2D eigenvalue weighted by Gasteiger charge is -2.20. The fourth-order valence-electron chi connectivity index (χ4n) is 3.29. The molecular weight excluding hydrogens is 370 g/mol. The van der Waals surface area contributed by atoms with E-state index in [1.54, 1.807) is 0 Å². The first kappa shape index (κ1) is 20.3. The van der Waals surface area contributed by atoms with E-state index in [4.69, 9.17) is 0 Å². The number of carbonyl (C=O) groups excluding carboxylic acids is 1. The van der Waals surface area contributed by atoms with E-state index in [0.717, 1.165) is 28.2 Å².